The molecular weight excluding hydrogens is 226 g/mol. The van der Waals surface area contributed by atoms with E-state index in [2.05, 4.69) is 25.2 Å². The Balaban J connectivity index is 0.000000184. The zero-order valence-corrected chi connectivity index (χ0v) is 11.0. The lowest BCUT2D eigenvalue weighted by atomic mass is 10.4. The van der Waals surface area contributed by atoms with E-state index in [1.807, 2.05) is 38.8 Å². The molecule has 5 heteroatoms. The lowest BCUT2D eigenvalue weighted by Crippen LogP contribution is -2.10. The van der Waals surface area contributed by atoms with Gasteiger partial charge in [0.2, 0.25) is 0 Å². The third kappa shape index (κ3) is 6.00. The van der Waals surface area contributed by atoms with Crippen LogP contribution in [0.3, 0.4) is 0 Å². The Bertz CT molecular complexity index is 385. The largest absolute Gasteiger partial charge is 0.387 e. The first-order valence-corrected chi connectivity index (χ1v) is 6.05. The zero-order chi connectivity index (χ0) is 13.1. The molecule has 0 aliphatic rings. The Kier molecular flexibility index (Phi) is 7.23. The van der Waals surface area contributed by atoms with Gasteiger partial charge in [-0.1, -0.05) is 0 Å². The summed E-state index contributed by atoms with van der Waals surface area (Å²) in [5, 5.41) is 6.06. The summed E-state index contributed by atoms with van der Waals surface area (Å²) in [7, 11) is 3.84. The fraction of sp³-hybridized carbons (Fsp3) is 0.385. The van der Waals surface area contributed by atoms with Crippen LogP contribution < -0.4 is 10.6 Å². The van der Waals surface area contributed by atoms with Crippen molar-refractivity contribution in [3.05, 3.63) is 43.2 Å². The number of anilines is 1. The second-order valence-corrected chi connectivity index (χ2v) is 3.75. The van der Waals surface area contributed by atoms with Gasteiger partial charge in [-0.2, -0.15) is 0 Å². The number of aryl methyl sites for hydroxylation is 1. The van der Waals surface area contributed by atoms with Gasteiger partial charge in [-0.05, 0) is 32.1 Å². The minimum absolute atomic E-state index is 1.05. The standard InChI is InChI=1S/C7H13N3.C6H8N2/c1-8-3-2-5-10-6-4-9-7-10;1-7-6-3-2-4-8-5-6/h4,6-8H,2-3,5H2,1H3;2-5,7H,1H3. The van der Waals surface area contributed by atoms with Crippen molar-refractivity contribution in [2.45, 2.75) is 13.0 Å². The van der Waals surface area contributed by atoms with Crippen LogP contribution in [-0.2, 0) is 6.54 Å². The maximum absolute atomic E-state index is 3.94. The van der Waals surface area contributed by atoms with Gasteiger partial charge in [0.15, 0.2) is 0 Å². The topological polar surface area (TPSA) is 54.8 Å². The van der Waals surface area contributed by atoms with E-state index in [0.717, 1.165) is 25.2 Å². The molecule has 2 heterocycles. The van der Waals surface area contributed by atoms with Crippen LogP contribution in [0.2, 0.25) is 0 Å². The van der Waals surface area contributed by atoms with Crippen LogP contribution >= 0.6 is 0 Å². The van der Waals surface area contributed by atoms with Gasteiger partial charge < -0.3 is 15.2 Å². The molecule has 2 aromatic heterocycles. The summed E-state index contributed by atoms with van der Waals surface area (Å²) >= 11 is 0. The molecule has 0 fully saturated rings. The quantitative estimate of drug-likeness (QED) is 0.788. The van der Waals surface area contributed by atoms with Gasteiger partial charge in [0.1, 0.15) is 0 Å². The minimum Gasteiger partial charge on any atom is -0.387 e. The second-order valence-electron chi connectivity index (χ2n) is 3.75. The average Bonchev–Trinajstić information content (AvgIpc) is 2.94. The van der Waals surface area contributed by atoms with Gasteiger partial charge >= 0.3 is 0 Å². The van der Waals surface area contributed by atoms with Gasteiger partial charge in [-0.15, -0.1) is 0 Å². The van der Waals surface area contributed by atoms with Crippen molar-refractivity contribution >= 4 is 5.69 Å². The summed E-state index contributed by atoms with van der Waals surface area (Å²) in [6.45, 7) is 2.12. The smallest absolute Gasteiger partial charge is 0.0945 e. The molecule has 0 aromatic carbocycles. The van der Waals surface area contributed by atoms with Crippen LogP contribution in [0.1, 0.15) is 6.42 Å². The zero-order valence-electron chi connectivity index (χ0n) is 11.0. The molecule has 0 aliphatic carbocycles. The van der Waals surface area contributed by atoms with Gasteiger partial charge in [0.05, 0.1) is 12.0 Å². The second kappa shape index (κ2) is 9.18. The SMILES string of the molecule is CNCCCn1ccnc1.CNc1cccnc1. The highest BCUT2D eigenvalue weighted by molar-refractivity contribution is 5.38. The molecule has 0 saturated carbocycles. The Hall–Kier alpha value is -1.88. The Morgan fingerprint density at radius 3 is 2.61 bits per heavy atom. The predicted octanol–water partition coefficient (Wildman–Crippen LogP) is 1.62. The first-order valence-electron chi connectivity index (χ1n) is 6.05. The number of hydrogen-bond acceptors (Lipinski definition) is 4. The van der Waals surface area contributed by atoms with E-state index in [0.29, 0.717) is 0 Å². The Morgan fingerprint density at radius 2 is 2.11 bits per heavy atom. The van der Waals surface area contributed by atoms with Crippen LogP contribution in [0.5, 0.6) is 0 Å². The third-order valence-corrected chi connectivity index (χ3v) is 2.35. The highest BCUT2D eigenvalue weighted by atomic mass is 15.0. The maximum Gasteiger partial charge on any atom is 0.0945 e. The lowest BCUT2D eigenvalue weighted by molar-refractivity contribution is 0.612. The molecule has 18 heavy (non-hydrogen) atoms. The number of pyridine rings is 1. The number of rotatable bonds is 5. The average molecular weight is 247 g/mol. The van der Waals surface area contributed by atoms with E-state index >= 15 is 0 Å². The molecule has 0 radical (unpaired) electrons. The lowest BCUT2D eigenvalue weighted by Gasteiger charge is -1.99. The summed E-state index contributed by atoms with van der Waals surface area (Å²) < 4.78 is 2.08. The number of hydrogen-bond donors (Lipinski definition) is 2. The fourth-order valence-electron chi connectivity index (χ4n) is 1.37. The van der Waals surface area contributed by atoms with Crippen molar-refractivity contribution < 1.29 is 0 Å². The monoisotopic (exact) mass is 247 g/mol. The first kappa shape index (κ1) is 14.2. The Labute approximate surface area is 108 Å². The maximum atomic E-state index is 3.94. The molecular formula is C13H21N5. The van der Waals surface area contributed by atoms with Crippen LogP contribution in [0.4, 0.5) is 5.69 Å². The van der Waals surface area contributed by atoms with Crippen molar-refractivity contribution in [2.24, 2.45) is 0 Å². The molecule has 2 rings (SSSR count). The molecule has 0 bridgehead atoms. The third-order valence-electron chi connectivity index (χ3n) is 2.35. The van der Waals surface area contributed by atoms with E-state index < -0.39 is 0 Å². The van der Waals surface area contributed by atoms with Crippen molar-refractivity contribution in [1.29, 1.82) is 0 Å². The van der Waals surface area contributed by atoms with Crippen LogP contribution in [-0.4, -0.2) is 35.2 Å². The van der Waals surface area contributed by atoms with Crippen LogP contribution in [0, 0.1) is 0 Å². The summed E-state index contributed by atoms with van der Waals surface area (Å²) in [6, 6.07) is 3.86. The molecule has 0 aliphatic heterocycles. The molecule has 0 amide bonds. The molecule has 0 saturated heterocycles. The van der Waals surface area contributed by atoms with Crippen molar-refractivity contribution in [3.63, 3.8) is 0 Å². The first-order chi connectivity index (χ1) is 8.86. The number of nitrogens with zero attached hydrogens (tertiary/aromatic N) is 3. The van der Waals surface area contributed by atoms with Crippen molar-refractivity contribution in [1.82, 2.24) is 19.9 Å². The normalized spacial score (nSPS) is 9.44. The van der Waals surface area contributed by atoms with Crippen molar-refractivity contribution in [3.8, 4) is 0 Å². The summed E-state index contributed by atoms with van der Waals surface area (Å²) in [5.41, 5.74) is 1.05. The van der Waals surface area contributed by atoms with Crippen molar-refractivity contribution in [2.75, 3.05) is 26.0 Å². The van der Waals surface area contributed by atoms with E-state index in [-0.39, 0.29) is 0 Å². The highest BCUT2D eigenvalue weighted by Gasteiger charge is 1.87. The van der Waals surface area contributed by atoms with Gasteiger partial charge in [0.25, 0.3) is 0 Å². The van der Waals surface area contributed by atoms with E-state index in [9.17, 15) is 0 Å². The molecule has 5 nitrogen and oxygen atoms in total. The molecule has 98 valence electrons. The fourth-order valence-corrected chi connectivity index (χ4v) is 1.37. The summed E-state index contributed by atoms with van der Waals surface area (Å²) in [5.74, 6) is 0. The van der Waals surface area contributed by atoms with E-state index in [1.165, 1.54) is 0 Å². The molecule has 2 N–H and O–H groups in total. The molecule has 0 unspecified atom stereocenters. The molecule has 0 atom stereocenters. The van der Waals surface area contributed by atoms with Gasteiger partial charge in [0, 0.05) is 38.4 Å². The Morgan fingerprint density at radius 1 is 1.22 bits per heavy atom. The number of aromatic nitrogens is 3. The van der Waals surface area contributed by atoms with Crippen LogP contribution in [0.25, 0.3) is 0 Å². The minimum atomic E-state index is 1.05. The number of imidazole rings is 1. The van der Waals surface area contributed by atoms with Gasteiger partial charge in [-0.3, -0.25) is 4.98 Å². The number of nitrogens with one attached hydrogen (secondary N) is 2. The van der Waals surface area contributed by atoms with E-state index in [4.69, 9.17) is 0 Å². The molecule has 2 aromatic rings. The predicted molar refractivity (Wildman–Crippen MR) is 74.6 cm³/mol. The van der Waals surface area contributed by atoms with E-state index in [1.54, 1.807) is 18.6 Å². The van der Waals surface area contributed by atoms with Crippen LogP contribution in [0.15, 0.2) is 43.2 Å². The summed E-state index contributed by atoms with van der Waals surface area (Å²) in [6.07, 6.45) is 10.3. The molecule has 0 spiro atoms. The van der Waals surface area contributed by atoms with Gasteiger partial charge in [-0.25, -0.2) is 4.98 Å². The highest BCUT2D eigenvalue weighted by Crippen LogP contribution is 1.98. The summed E-state index contributed by atoms with van der Waals surface area (Å²) in [4.78, 5) is 7.84.